The van der Waals surface area contributed by atoms with Crippen molar-refractivity contribution < 1.29 is 10.2 Å². The summed E-state index contributed by atoms with van der Waals surface area (Å²) >= 11 is 0. The number of likely N-dealkylation sites (tertiary alicyclic amines) is 1. The van der Waals surface area contributed by atoms with Crippen molar-refractivity contribution in [1.29, 1.82) is 0 Å². The molecule has 0 aromatic rings. The molecule has 3 atom stereocenters. The fraction of sp³-hybridized carbons (Fsp3) is 1.00. The maximum Gasteiger partial charge on any atom is 0.0692 e. The molecule has 1 saturated heterocycles. The molecule has 13 heavy (non-hydrogen) atoms. The van der Waals surface area contributed by atoms with Crippen LogP contribution < -0.4 is 0 Å². The zero-order valence-electron chi connectivity index (χ0n) is 8.82. The molecule has 2 N–H and O–H groups in total. The van der Waals surface area contributed by atoms with Gasteiger partial charge in [-0.3, -0.25) is 4.90 Å². The number of β-amino-alcohol motifs (C(OH)–C–C–N with tert-alkyl or cyclic N) is 1. The molecule has 0 radical (unpaired) electrons. The van der Waals surface area contributed by atoms with Crippen LogP contribution in [0.4, 0.5) is 0 Å². The van der Waals surface area contributed by atoms with Crippen LogP contribution in [0, 0.1) is 0 Å². The van der Waals surface area contributed by atoms with Crippen LogP contribution >= 0.6 is 0 Å². The first-order chi connectivity index (χ1) is 6.00. The van der Waals surface area contributed by atoms with Gasteiger partial charge in [0.2, 0.25) is 0 Å². The zero-order chi connectivity index (χ0) is 10.1. The van der Waals surface area contributed by atoms with Gasteiger partial charge in [0, 0.05) is 18.6 Å². The van der Waals surface area contributed by atoms with Crippen LogP contribution in [0.15, 0.2) is 0 Å². The molecule has 0 amide bonds. The summed E-state index contributed by atoms with van der Waals surface area (Å²) in [7, 11) is 0. The molecule has 1 rings (SSSR count). The fourth-order valence-corrected chi connectivity index (χ4v) is 1.99. The van der Waals surface area contributed by atoms with E-state index in [1.165, 1.54) is 0 Å². The Labute approximate surface area is 80.4 Å². The highest BCUT2D eigenvalue weighted by molar-refractivity contribution is 4.93. The molecule has 1 aliphatic heterocycles. The maximum absolute atomic E-state index is 9.69. The van der Waals surface area contributed by atoms with Gasteiger partial charge >= 0.3 is 0 Å². The third-order valence-electron chi connectivity index (χ3n) is 3.50. The summed E-state index contributed by atoms with van der Waals surface area (Å²) in [5, 5.41) is 19.1. The smallest absolute Gasteiger partial charge is 0.0692 e. The third kappa shape index (κ3) is 2.03. The summed E-state index contributed by atoms with van der Waals surface area (Å²) in [6.45, 7) is 7.58. The van der Waals surface area contributed by atoms with Crippen LogP contribution in [0.1, 0.15) is 33.6 Å². The monoisotopic (exact) mass is 187 g/mol. The number of hydrogen-bond acceptors (Lipinski definition) is 3. The van der Waals surface area contributed by atoms with E-state index in [1.807, 2.05) is 6.92 Å². The Bertz CT molecular complexity index is 172. The van der Waals surface area contributed by atoms with Crippen molar-refractivity contribution in [3.8, 4) is 0 Å². The number of aliphatic hydroxyl groups is 2. The molecule has 0 aliphatic carbocycles. The lowest BCUT2D eigenvalue weighted by molar-refractivity contribution is -0.00729. The summed E-state index contributed by atoms with van der Waals surface area (Å²) < 4.78 is 0. The lowest BCUT2D eigenvalue weighted by Crippen LogP contribution is -2.52. The first-order valence-electron chi connectivity index (χ1n) is 5.12. The minimum Gasteiger partial charge on any atom is -0.392 e. The first kappa shape index (κ1) is 11.0. The molecule has 0 aromatic heterocycles. The normalized spacial score (nSPS) is 31.6. The molecule has 0 aromatic carbocycles. The van der Waals surface area contributed by atoms with Crippen LogP contribution in [0.5, 0.6) is 0 Å². The van der Waals surface area contributed by atoms with Crippen molar-refractivity contribution in [2.45, 2.75) is 51.4 Å². The van der Waals surface area contributed by atoms with E-state index in [0.29, 0.717) is 6.54 Å². The van der Waals surface area contributed by atoms with Gasteiger partial charge < -0.3 is 10.2 Å². The first-order valence-corrected chi connectivity index (χ1v) is 5.12. The number of rotatable bonds is 3. The van der Waals surface area contributed by atoms with Crippen molar-refractivity contribution in [3.05, 3.63) is 0 Å². The molecule has 78 valence electrons. The topological polar surface area (TPSA) is 43.7 Å². The number of aliphatic hydroxyl groups excluding tert-OH is 2. The average molecular weight is 187 g/mol. The summed E-state index contributed by atoms with van der Waals surface area (Å²) in [5.74, 6) is 0. The van der Waals surface area contributed by atoms with Crippen LogP contribution in [-0.4, -0.2) is 45.9 Å². The second kappa shape index (κ2) is 3.95. The molecular weight excluding hydrogens is 166 g/mol. The van der Waals surface area contributed by atoms with Crippen molar-refractivity contribution in [1.82, 2.24) is 4.90 Å². The van der Waals surface area contributed by atoms with Crippen molar-refractivity contribution in [3.63, 3.8) is 0 Å². The Kier molecular flexibility index (Phi) is 3.33. The van der Waals surface area contributed by atoms with E-state index in [4.69, 9.17) is 0 Å². The highest BCUT2D eigenvalue weighted by Crippen LogP contribution is 2.27. The average Bonchev–Trinajstić information content (AvgIpc) is 2.50. The summed E-state index contributed by atoms with van der Waals surface area (Å²) in [6, 6.07) is 0. The number of hydrogen-bond donors (Lipinski definition) is 2. The SMILES string of the molecule is CCC(C)(C(C)O)N1CCC(O)C1. The van der Waals surface area contributed by atoms with E-state index < -0.39 is 0 Å². The molecule has 3 unspecified atom stereocenters. The van der Waals surface area contributed by atoms with Crippen LogP contribution in [-0.2, 0) is 0 Å². The highest BCUT2D eigenvalue weighted by atomic mass is 16.3. The Morgan fingerprint density at radius 1 is 1.62 bits per heavy atom. The lowest BCUT2D eigenvalue weighted by atomic mass is 9.91. The predicted octanol–water partition coefficient (Wildman–Crippen LogP) is 0.603. The molecule has 0 spiro atoms. The van der Waals surface area contributed by atoms with E-state index in [1.54, 1.807) is 0 Å². The van der Waals surface area contributed by atoms with Crippen molar-refractivity contribution >= 4 is 0 Å². The van der Waals surface area contributed by atoms with Crippen molar-refractivity contribution in [2.24, 2.45) is 0 Å². The predicted molar refractivity (Wildman–Crippen MR) is 52.6 cm³/mol. The largest absolute Gasteiger partial charge is 0.392 e. The van der Waals surface area contributed by atoms with E-state index in [2.05, 4.69) is 18.7 Å². The van der Waals surface area contributed by atoms with E-state index in [9.17, 15) is 10.2 Å². The Morgan fingerprint density at radius 2 is 2.23 bits per heavy atom. The third-order valence-corrected chi connectivity index (χ3v) is 3.50. The summed E-state index contributed by atoms with van der Waals surface area (Å²) in [4.78, 5) is 2.20. The van der Waals surface area contributed by atoms with Gasteiger partial charge in [-0.2, -0.15) is 0 Å². The molecule has 3 heteroatoms. The molecule has 1 fully saturated rings. The van der Waals surface area contributed by atoms with Gasteiger partial charge in [-0.15, -0.1) is 0 Å². The van der Waals surface area contributed by atoms with Crippen LogP contribution in [0.3, 0.4) is 0 Å². The van der Waals surface area contributed by atoms with Gasteiger partial charge in [0.15, 0.2) is 0 Å². The highest BCUT2D eigenvalue weighted by Gasteiger charge is 2.38. The molecule has 0 saturated carbocycles. The second-order valence-electron chi connectivity index (χ2n) is 4.28. The lowest BCUT2D eigenvalue weighted by Gasteiger charge is -2.40. The molecule has 3 nitrogen and oxygen atoms in total. The molecular formula is C10H21NO2. The van der Waals surface area contributed by atoms with E-state index in [-0.39, 0.29) is 17.7 Å². The Balaban J connectivity index is 2.66. The molecule has 1 heterocycles. The van der Waals surface area contributed by atoms with Gasteiger partial charge in [-0.05, 0) is 26.7 Å². The quantitative estimate of drug-likeness (QED) is 0.680. The Hall–Kier alpha value is -0.120. The van der Waals surface area contributed by atoms with Gasteiger partial charge in [-0.25, -0.2) is 0 Å². The van der Waals surface area contributed by atoms with Gasteiger partial charge in [0.05, 0.1) is 12.2 Å². The summed E-state index contributed by atoms with van der Waals surface area (Å²) in [5.41, 5.74) is -0.169. The number of nitrogens with zero attached hydrogens (tertiary/aromatic N) is 1. The second-order valence-corrected chi connectivity index (χ2v) is 4.28. The van der Waals surface area contributed by atoms with E-state index in [0.717, 1.165) is 19.4 Å². The summed E-state index contributed by atoms with van der Waals surface area (Å²) in [6.07, 6.45) is 1.20. The fourth-order valence-electron chi connectivity index (χ4n) is 1.99. The minimum absolute atomic E-state index is 0.169. The van der Waals surface area contributed by atoms with Crippen LogP contribution in [0.2, 0.25) is 0 Å². The zero-order valence-corrected chi connectivity index (χ0v) is 8.82. The van der Waals surface area contributed by atoms with Crippen LogP contribution in [0.25, 0.3) is 0 Å². The standard InChI is InChI=1S/C10H21NO2/c1-4-10(3,8(2)12)11-6-5-9(13)7-11/h8-9,12-13H,4-7H2,1-3H3. The van der Waals surface area contributed by atoms with Crippen molar-refractivity contribution in [2.75, 3.05) is 13.1 Å². The maximum atomic E-state index is 9.69. The van der Waals surface area contributed by atoms with Gasteiger partial charge in [0.1, 0.15) is 0 Å². The van der Waals surface area contributed by atoms with Gasteiger partial charge in [-0.1, -0.05) is 6.92 Å². The Morgan fingerprint density at radius 3 is 2.54 bits per heavy atom. The van der Waals surface area contributed by atoms with Gasteiger partial charge in [0.25, 0.3) is 0 Å². The molecule has 1 aliphatic rings. The molecule has 0 bridgehead atoms. The minimum atomic E-state index is -0.345. The van der Waals surface area contributed by atoms with E-state index >= 15 is 0 Å².